The van der Waals surface area contributed by atoms with E-state index >= 15 is 0 Å². The van der Waals surface area contributed by atoms with E-state index in [1.165, 1.54) is 11.0 Å². The second-order valence-corrected chi connectivity index (χ2v) is 9.99. The van der Waals surface area contributed by atoms with Gasteiger partial charge in [-0.2, -0.15) is 0 Å². The summed E-state index contributed by atoms with van der Waals surface area (Å²) in [6.07, 6.45) is 2.91. The Bertz CT molecular complexity index is 1110. The molecule has 0 radical (unpaired) electrons. The maximum absolute atomic E-state index is 13.7. The molecular formula is C25H30N2O7. The van der Waals surface area contributed by atoms with Gasteiger partial charge in [-0.1, -0.05) is 19.4 Å². The van der Waals surface area contributed by atoms with Crippen LogP contribution in [0.1, 0.15) is 47.7 Å². The number of nitrogens with zero attached hydrogens (tertiary/aromatic N) is 1. The first-order valence-corrected chi connectivity index (χ1v) is 11.6. The molecule has 1 aromatic rings. The number of likely N-dealkylation sites (N-methyl/N-ethyl adjacent to an activating group) is 1. The highest BCUT2D eigenvalue weighted by atomic mass is 16.3. The Morgan fingerprint density at radius 3 is 2.44 bits per heavy atom. The molecule has 9 heteroatoms. The van der Waals surface area contributed by atoms with Crippen LogP contribution in [0.5, 0.6) is 5.75 Å². The highest BCUT2D eigenvalue weighted by molar-refractivity contribution is 6.32. The summed E-state index contributed by atoms with van der Waals surface area (Å²) >= 11 is 0. The lowest BCUT2D eigenvalue weighted by Crippen LogP contribution is -2.74. The lowest BCUT2D eigenvalue weighted by molar-refractivity contribution is -0.181. The van der Waals surface area contributed by atoms with Gasteiger partial charge in [-0.15, -0.1) is 0 Å². The van der Waals surface area contributed by atoms with E-state index in [1.54, 1.807) is 20.2 Å². The molecule has 2 saturated carbocycles. The lowest BCUT2D eigenvalue weighted by atomic mass is 9.52. The van der Waals surface area contributed by atoms with Gasteiger partial charge in [0, 0.05) is 5.92 Å². The molecule has 34 heavy (non-hydrogen) atoms. The van der Waals surface area contributed by atoms with Gasteiger partial charge in [-0.3, -0.25) is 28.9 Å². The van der Waals surface area contributed by atoms with E-state index in [9.17, 15) is 34.2 Å². The van der Waals surface area contributed by atoms with E-state index in [1.807, 2.05) is 6.92 Å². The Kier molecular flexibility index (Phi) is 5.98. The van der Waals surface area contributed by atoms with Crippen molar-refractivity contribution in [2.75, 3.05) is 14.1 Å². The molecule has 0 saturated heterocycles. The lowest BCUT2D eigenvalue weighted by Gasteiger charge is -2.52. The van der Waals surface area contributed by atoms with Gasteiger partial charge >= 0.3 is 0 Å². The number of amides is 1. The number of Topliss-reactive ketones (excluding diaryl/α,β-unsaturated/α-hetero) is 4. The van der Waals surface area contributed by atoms with E-state index in [0.29, 0.717) is 18.4 Å². The minimum atomic E-state index is -2.69. The molecule has 6 atom stereocenters. The fourth-order valence-corrected chi connectivity index (χ4v) is 6.27. The number of hydrogen-bond donors (Lipinski definition) is 3. The second kappa shape index (κ2) is 8.39. The van der Waals surface area contributed by atoms with Crippen LogP contribution in [0.3, 0.4) is 0 Å². The average Bonchev–Trinajstić information content (AvgIpc) is 2.75. The van der Waals surface area contributed by atoms with Crippen molar-refractivity contribution in [2.45, 2.75) is 50.7 Å². The molecule has 2 fully saturated rings. The number of unbranched alkanes of at least 4 members (excludes halogenated alkanes) is 1. The van der Waals surface area contributed by atoms with Crippen molar-refractivity contribution in [1.82, 2.24) is 4.90 Å². The molecular weight excluding hydrogens is 440 g/mol. The summed E-state index contributed by atoms with van der Waals surface area (Å²) in [7, 11) is 3.13. The zero-order valence-corrected chi connectivity index (χ0v) is 19.5. The van der Waals surface area contributed by atoms with Crippen molar-refractivity contribution in [2.24, 2.45) is 29.4 Å². The largest absolute Gasteiger partial charge is 0.507 e. The van der Waals surface area contributed by atoms with E-state index in [4.69, 9.17) is 5.73 Å². The number of nitrogens with two attached hydrogens (primary N) is 1. The number of aryl methyl sites for hydroxylation is 1. The smallest absolute Gasteiger partial charge is 0.235 e. The quantitative estimate of drug-likeness (QED) is 0.516. The van der Waals surface area contributed by atoms with Crippen molar-refractivity contribution in [3.8, 4) is 5.75 Å². The number of carbonyl (C=O) groups excluding carboxylic acids is 5. The number of hydrogen-bond acceptors (Lipinski definition) is 8. The Morgan fingerprint density at radius 2 is 1.85 bits per heavy atom. The van der Waals surface area contributed by atoms with Crippen LogP contribution in [0.4, 0.5) is 0 Å². The van der Waals surface area contributed by atoms with Crippen molar-refractivity contribution in [3.05, 3.63) is 28.8 Å². The molecule has 0 heterocycles. The maximum atomic E-state index is 13.7. The number of carbonyl (C=O) groups is 5. The summed E-state index contributed by atoms with van der Waals surface area (Å²) in [5.74, 6) is -10.1. The first-order valence-electron chi connectivity index (χ1n) is 11.6. The molecule has 3 aliphatic carbocycles. The van der Waals surface area contributed by atoms with Gasteiger partial charge in [0.25, 0.3) is 0 Å². The minimum Gasteiger partial charge on any atom is -0.507 e. The zero-order chi connectivity index (χ0) is 25.1. The van der Waals surface area contributed by atoms with E-state index in [-0.39, 0.29) is 17.7 Å². The number of phenolic OH excluding ortho intramolecular Hbond substituents is 1. The molecule has 0 spiro atoms. The molecule has 4 rings (SSSR count). The zero-order valence-electron chi connectivity index (χ0n) is 19.5. The number of phenols is 1. The summed E-state index contributed by atoms with van der Waals surface area (Å²) in [4.78, 5) is 67.0. The highest BCUT2D eigenvalue weighted by Crippen LogP contribution is 2.51. The highest BCUT2D eigenvalue weighted by Gasteiger charge is 2.69. The van der Waals surface area contributed by atoms with Gasteiger partial charge in [0.05, 0.1) is 17.5 Å². The second-order valence-electron chi connectivity index (χ2n) is 9.99. The van der Waals surface area contributed by atoms with Gasteiger partial charge in [-0.05, 0) is 62.9 Å². The predicted molar refractivity (Wildman–Crippen MR) is 120 cm³/mol. The van der Waals surface area contributed by atoms with Crippen molar-refractivity contribution in [3.63, 3.8) is 0 Å². The van der Waals surface area contributed by atoms with Gasteiger partial charge in [0.2, 0.25) is 5.91 Å². The summed E-state index contributed by atoms with van der Waals surface area (Å²) in [6.45, 7) is 2.05. The summed E-state index contributed by atoms with van der Waals surface area (Å²) in [5, 5.41) is 22.0. The van der Waals surface area contributed by atoms with Crippen LogP contribution < -0.4 is 5.73 Å². The molecule has 1 aromatic carbocycles. The third-order valence-corrected chi connectivity index (χ3v) is 7.84. The van der Waals surface area contributed by atoms with Gasteiger partial charge in [-0.25, -0.2) is 0 Å². The van der Waals surface area contributed by atoms with E-state index in [0.717, 1.165) is 18.4 Å². The molecule has 0 aromatic heterocycles. The standard InChI is InChI=1S/C25H30N2O7/c1-4-5-6-11-7-8-15(28)17-13(11)9-12-10-14-19(27(2)3)21(30)18(24(26)33)23(32)25(14,34)22(31)16(12)20(17)29/h7-8,12,14,16,18-19,28,34H,4-6,9-10H2,1-3H3,(H2,26,33). The number of aliphatic hydroxyl groups is 1. The van der Waals surface area contributed by atoms with Crippen LogP contribution in [0.25, 0.3) is 0 Å². The van der Waals surface area contributed by atoms with Crippen molar-refractivity contribution in [1.29, 1.82) is 0 Å². The topological polar surface area (TPSA) is 155 Å². The van der Waals surface area contributed by atoms with E-state index < -0.39 is 64.4 Å². The average molecular weight is 471 g/mol. The van der Waals surface area contributed by atoms with Crippen LogP contribution in [0.15, 0.2) is 12.1 Å². The van der Waals surface area contributed by atoms with Crippen LogP contribution >= 0.6 is 0 Å². The van der Waals surface area contributed by atoms with Crippen molar-refractivity contribution >= 4 is 29.0 Å². The van der Waals surface area contributed by atoms with Crippen LogP contribution in [0, 0.1) is 23.7 Å². The number of ketones is 4. The number of rotatable bonds is 5. The normalized spacial score (nSPS) is 32.9. The first kappa shape index (κ1) is 24.2. The Hall–Kier alpha value is -2.91. The predicted octanol–water partition coefficient (Wildman–Crippen LogP) is 0.210. The number of primary amides is 1. The summed E-state index contributed by atoms with van der Waals surface area (Å²) in [6, 6.07) is 2.12. The molecule has 0 bridgehead atoms. The Balaban J connectivity index is 1.85. The van der Waals surface area contributed by atoms with Gasteiger partial charge in [0.15, 0.2) is 34.7 Å². The molecule has 1 amide bonds. The molecule has 4 N–H and O–H groups in total. The first-order chi connectivity index (χ1) is 16.0. The molecule has 0 aliphatic heterocycles. The Morgan fingerprint density at radius 1 is 1.18 bits per heavy atom. The third kappa shape index (κ3) is 3.25. The molecule has 182 valence electrons. The van der Waals surface area contributed by atoms with Crippen molar-refractivity contribution < 1.29 is 34.2 Å². The summed E-state index contributed by atoms with van der Waals surface area (Å²) in [5.41, 5.74) is 4.28. The monoisotopic (exact) mass is 470 g/mol. The summed E-state index contributed by atoms with van der Waals surface area (Å²) < 4.78 is 0. The number of benzene rings is 1. The fraction of sp³-hybridized carbons (Fsp3) is 0.560. The third-order valence-electron chi connectivity index (χ3n) is 7.84. The van der Waals surface area contributed by atoms with Gasteiger partial charge < -0.3 is 15.9 Å². The Labute approximate surface area is 197 Å². The number of fused-ring (bicyclic) bond motifs is 3. The SMILES string of the molecule is CCCCc1ccc(O)c2c1CC1CC3C(N(C)C)C(=O)C(C(N)=O)C(=O)C3(O)C(=O)C1C2=O. The van der Waals surface area contributed by atoms with Crippen LogP contribution in [-0.4, -0.2) is 69.9 Å². The van der Waals surface area contributed by atoms with Gasteiger partial charge in [0.1, 0.15) is 5.75 Å². The maximum Gasteiger partial charge on any atom is 0.235 e. The minimum absolute atomic E-state index is 0.0557. The fourth-order valence-electron chi connectivity index (χ4n) is 6.27. The van der Waals surface area contributed by atoms with Crippen LogP contribution in [0.2, 0.25) is 0 Å². The number of aromatic hydroxyl groups is 1. The van der Waals surface area contributed by atoms with E-state index in [2.05, 4.69) is 0 Å². The molecule has 9 nitrogen and oxygen atoms in total. The molecule has 6 unspecified atom stereocenters. The molecule has 3 aliphatic rings. The van der Waals surface area contributed by atoms with Crippen LogP contribution in [-0.2, 0) is 32.0 Å².